The molecule has 2 aromatic heterocycles. The van der Waals surface area contributed by atoms with E-state index in [9.17, 15) is 22.8 Å². The number of sulfonamides is 1. The van der Waals surface area contributed by atoms with Crippen LogP contribution in [0.15, 0.2) is 45.1 Å². The minimum Gasteiger partial charge on any atom is -0.339 e. The molecule has 3 aromatic rings. The van der Waals surface area contributed by atoms with Crippen molar-refractivity contribution in [1.29, 1.82) is 0 Å². The average Bonchev–Trinajstić information content (AvgIpc) is 3.33. The molecular weight excluding hydrogens is 615 g/mol. The third-order valence-corrected chi connectivity index (χ3v) is 9.28. The first-order valence-electron chi connectivity index (χ1n) is 9.22. The molecular formula is C18H20HgN5O6S. The smallest absolute Gasteiger partial charge is 0.332 e. The van der Waals surface area contributed by atoms with Gasteiger partial charge in [-0.15, -0.1) is 0 Å². The summed E-state index contributed by atoms with van der Waals surface area (Å²) >= 11 is 0.499. The number of carbonyl (C=O) groups is 1. The number of methoxy groups -OCH3 is 1. The van der Waals surface area contributed by atoms with Crippen molar-refractivity contribution in [2.45, 2.75) is 14.9 Å². The first-order valence-corrected chi connectivity index (χ1v) is 14.5. The summed E-state index contributed by atoms with van der Waals surface area (Å²) in [6.45, 7) is 0.107. The maximum atomic E-state index is 12.2. The van der Waals surface area contributed by atoms with Crippen LogP contribution in [0, 0.1) is 0 Å². The fraction of sp³-hybridized carbons (Fsp3) is 0.333. The molecule has 11 nitrogen and oxygen atoms in total. The number of aryl methyl sites for hydroxylation is 1. The minimum atomic E-state index is -3.69. The second kappa shape index (κ2) is 9.05. The van der Waals surface area contributed by atoms with Gasteiger partial charge in [-0.1, -0.05) is 0 Å². The number of benzene rings is 1. The Morgan fingerprint density at radius 1 is 1.16 bits per heavy atom. The molecule has 1 aromatic carbocycles. The number of aromatic amines is 1. The molecule has 31 heavy (non-hydrogen) atoms. The van der Waals surface area contributed by atoms with Crippen LogP contribution < -0.4 is 11.2 Å². The topological polar surface area (TPSA) is 136 Å². The monoisotopic (exact) mass is 636 g/mol. The van der Waals surface area contributed by atoms with Gasteiger partial charge in [0.05, 0.1) is 6.33 Å². The van der Waals surface area contributed by atoms with Gasteiger partial charge < -0.3 is 4.98 Å². The molecule has 1 aliphatic rings. The van der Waals surface area contributed by atoms with Gasteiger partial charge in [0.15, 0.2) is 5.65 Å². The van der Waals surface area contributed by atoms with E-state index in [2.05, 4.69) is 9.97 Å². The van der Waals surface area contributed by atoms with Crippen molar-refractivity contribution in [3.8, 4) is 0 Å². The summed E-state index contributed by atoms with van der Waals surface area (Å²) in [5.41, 5.74) is 0.267. The van der Waals surface area contributed by atoms with E-state index in [0.717, 1.165) is 12.8 Å². The van der Waals surface area contributed by atoms with E-state index in [0.29, 0.717) is 37.3 Å². The summed E-state index contributed by atoms with van der Waals surface area (Å²) in [6.07, 6.45) is 1.20. The van der Waals surface area contributed by atoms with Gasteiger partial charge in [0.25, 0.3) is 5.56 Å². The van der Waals surface area contributed by atoms with Gasteiger partial charge >= 0.3 is 128 Å². The van der Waals surface area contributed by atoms with Crippen molar-refractivity contribution in [1.82, 2.24) is 23.4 Å². The van der Waals surface area contributed by atoms with Gasteiger partial charge in [-0.25, -0.2) is 9.78 Å². The summed E-state index contributed by atoms with van der Waals surface area (Å²) < 4.78 is 33.8. The van der Waals surface area contributed by atoms with E-state index >= 15 is 0 Å². The normalized spacial score (nSPS) is 15.5. The number of amides is 1. The molecule has 0 aliphatic carbocycles. The standard InChI is InChI=1S/C11H12NO4S.C7H8N4O2.Hg/c1-8(16-2)7-12-11(13)9-5-3-4-6-10(9)17(12,14)15;1-10-5-4(8-3-9-5)6(12)11(2)7(10)13;/h3-6,8H,1,7H2,2H3;3H,1-2H3,(H,8,9);/t8-;;/m0../s1. The number of hydrogen-bond acceptors (Lipinski definition) is 7. The molecule has 3 heterocycles. The van der Waals surface area contributed by atoms with E-state index < -0.39 is 15.9 Å². The van der Waals surface area contributed by atoms with Crippen LogP contribution in [0.1, 0.15) is 10.4 Å². The van der Waals surface area contributed by atoms with Crippen molar-refractivity contribution in [3.05, 3.63) is 57.0 Å². The van der Waals surface area contributed by atoms with Crippen LogP contribution >= 0.6 is 0 Å². The zero-order chi connectivity index (χ0) is 22.9. The number of rotatable bonds is 4. The van der Waals surface area contributed by atoms with E-state index in [1.807, 2.05) is 0 Å². The third-order valence-electron chi connectivity index (χ3n) is 4.97. The number of imidazole rings is 1. The molecule has 0 unspecified atom stereocenters. The van der Waals surface area contributed by atoms with Crippen LogP contribution in [-0.4, -0.2) is 57.5 Å². The summed E-state index contributed by atoms with van der Waals surface area (Å²) in [5.74, 6) is -0.450. The number of nitrogens with one attached hydrogen (secondary N) is 1. The van der Waals surface area contributed by atoms with Gasteiger partial charge in [0.1, 0.15) is 5.52 Å². The molecule has 0 saturated carbocycles. The summed E-state index contributed by atoms with van der Waals surface area (Å²) in [7, 11) is 0.864. The maximum Gasteiger partial charge on any atom is 0.332 e. The number of hydrogen-bond donors (Lipinski definition) is 1. The Kier molecular flexibility index (Phi) is 6.81. The Morgan fingerprint density at radius 2 is 1.84 bits per heavy atom. The fourth-order valence-corrected chi connectivity index (χ4v) is 6.38. The Labute approximate surface area is 193 Å². The molecule has 4 rings (SSSR count). The van der Waals surface area contributed by atoms with Gasteiger partial charge in [0, 0.05) is 14.1 Å². The molecule has 1 aliphatic heterocycles. The second-order valence-electron chi connectivity index (χ2n) is 6.79. The second-order valence-corrected chi connectivity index (χ2v) is 10.9. The van der Waals surface area contributed by atoms with E-state index in [1.54, 1.807) is 25.2 Å². The first kappa shape index (κ1) is 23.4. The predicted molar refractivity (Wildman–Crippen MR) is 107 cm³/mol. The molecule has 0 saturated heterocycles. The zero-order valence-electron chi connectivity index (χ0n) is 17.2. The van der Waals surface area contributed by atoms with Crippen molar-refractivity contribution in [2.75, 3.05) is 13.7 Å². The third kappa shape index (κ3) is 4.11. The average molecular weight is 635 g/mol. The van der Waals surface area contributed by atoms with E-state index in [4.69, 9.17) is 4.74 Å². The Bertz CT molecular complexity index is 1360. The molecule has 1 amide bonds. The minimum absolute atomic E-state index is 0.100. The molecule has 1 N–H and O–H groups in total. The molecule has 161 valence electrons. The molecule has 1 atom stereocenters. The number of carbonyl (C=O) groups excluding carboxylic acids is 1. The number of fused-ring (bicyclic) bond motifs is 2. The number of H-pyrrole nitrogens is 1. The van der Waals surface area contributed by atoms with Crippen LogP contribution in [0.3, 0.4) is 0 Å². The molecule has 0 radical (unpaired) electrons. The SMILES string of the molecule is CO[C@@H]([CH2][Hg])CN1C(=O)c2ccccc2S1(=O)=O.Cn1c(=O)c2[nH]cnc2n(C)c1=O. The quantitative estimate of drug-likeness (QED) is 0.392. The van der Waals surface area contributed by atoms with Gasteiger partial charge in [-0.05, 0) is 0 Å². The molecule has 0 spiro atoms. The van der Waals surface area contributed by atoms with Crippen molar-refractivity contribution < 1.29 is 44.1 Å². The summed E-state index contributed by atoms with van der Waals surface area (Å²) in [4.78, 5) is 41.6. The Morgan fingerprint density at radius 3 is 2.45 bits per heavy atom. The number of aromatic nitrogens is 4. The maximum absolute atomic E-state index is 12.2. The number of nitrogens with zero attached hydrogens (tertiary/aromatic N) is 4. The summed E-state index contributed by atoms with van der Waals surface area (Å²) in [5, 5.41) is 0. The first-order chi connectivity index (χ1) is 14.6. The van der Waals surface area contributed by atoms with Crippen molar-refractivity contribution in [2.24, 2.45) is 14.1 Å². The van der Waals surface area contributed by atoms with Crippen LogP contribution in [0.2, 0.25) is 3.93 Å². The largest absolute Gasteiger partial charge is 0.339 e. The Hall–Kier alpha value is -2.31. The van der Waals surface area contributed by atoms with Gasteiger partial charge in [0.2, 0.25) is 0 Å². The zero-order valence-corrected chi connectivity index (χ0v) is 23.5. The fourth-order valence-electron chi connectivity index (χ4n) is 3.15. The van der Waals surface area contributed by atoms with Crippen LogP contribution in [0.5, 0.6) is 0 Å². The van der Waals surface area contributed by atoms with Crippen molar-refractivity contribution in [3.63, 3.8) is 0 Å². The molecule has 0 fully saturated rings. The Balaban J connectivity index is 0.000000185. The summed E-state index contributed by atoms with van der Waals surface area (Å²) in [6, 6.07) is 6.30. The van der Waals surface area contributed by atoms with Crippen molar-refractivity contribution >= 4 is 27.1 Å². The van der Waals surface area contributed by atoms with E-state index in [-0.39, 0.29) is 34.4 Å². The van der Waals surface area contributed by atoms with Crippen LogP contribution in [0.25, 0.3) is 11.2 Å². The molecule has 0 bridgehead atoms. The van der Waals surface area contributed by atoms with Crippen LogP contribution in [-0.2, 0) is 55.0 Å². The van der Waals surface area contributed by atoms with Crippen LogP contribution in [0.4, 0.5) is 0 Å². The molecule has 13 heteroatoms. The number of ether oxygens (including phenoxy) is 1. The predicted octanol–water partition coefficient (Wildman–Crippen LogP) is -0.228. The van der Waals surface area contributed by atoms with E-state index in [1.165, 1.54) is 31.1 Å². The van der Waals surface area contributed by atoms with Gasteiger partial charge in [-0.2, -0.15) is 0 Å². The van der Waals surface area contributed by atoms with Gasteiger partial charge in [-0.3, -0.25) is 13.9 Å².